The Morgan fingerprint density at radius 1 is 1.27 bits per heavy atom. The molecule has 1 saturated heterocycles. The summed E-state index contributed by atoms with van der Waals surface area (Å²) in [6.45, 7) is 7.20. The van der Waals surface area contributed by atoms with Gasteiger partial charge in [-0.1, -0.05) is 0 Å². The molecule has 22 heavy (non-hydrogen) atoms. The van der Waals surface area contributed by atoms with Gasteiger partial charge in [0, 0.05) is 26.3 Å². The first kappa shape index (κ1) is 14.7. The van der Waals surface area contributed by atoms with Crippen LogP contribution in [0.25, 0.3) is 0 Å². The molecule has 0 aromatic carbocycles. The summed E-state index contributed by atoms with van der Waals surface area (Å²) in [7, 11) is 1.84. The topological polar surface area (TPSA) is 68.8 Å². The third-order valence-electron chi connectivity index (χ3n) is 4.18. The summed E-state index contributed by atoms with van der Waals surface area (Å²) in [5.74, 6) is 1.75. The van der Waals surface area contributed by atoms with E-state index >= 15 is 0 Å². The van der Waals surface area contributed by atoms with E-state index in [1.807, 2.05) is 37.4 Å². The van der Waals surface area contributed by atoms with Gasteiger partial charge in [0.1, 0.15) is 11.6 Å². The fourth-order valence-corrected chi connectivity index (χ4v) is 3.20. The van der Waals surface area contributed by atoms with Crippen molar-refractivity contribution in [3.63, 3.8) is 0 Å². The molecule has 1 unspecified atom stereocenters. The van der Waals surface area contributed by atoms with Crippen molar-refractivity contribution in [3.8, 4) is 0 Å². The lowest BCUT2D eigenvalue weighted by Crippen LogP contribution is -2.41. The number of rotatable bonds is 2. The lowest BCUT2D eigenvalue weighted by molar-refractivity contribution is 0.0670. The van der Waals surface area contributed by atoms with Gasteiger partial charge in [-0.05, 0) is 33.6 Å². The van der Waals surface area contributed by atoms with Crippen molar-refractivity contribution in [3.05, 3.63) is 29.1 Å². The van der Waals surface area contributed by atoms with Gasteiger partial charge in [-0.15, -0.1) is 0 Å². The Labute approximate surface area is 129 Å². The molecule has 7 heteroatoms. The highest BCUT2D eigenvalue weighted by Gasteiger charge is 2.28. The normalized spacial score (nSPS) is 18.7. The summed E-state index contributed by atoms with van der Waals surface area (Å²) in [5.41, 5.74) is 1.47. The summed E-state index contributed by atoms with van der Waals surface area (Å²) in [6.07, 6.45) is 3.81. The molecule has 7 nitrogen and oxygen atoms in total. The molecule has 2 aromatic rings. The van der Waals surface area contributed by atoms with Gasteiger partial charge >= 0.3 is 0 Å². The van der Waals surface area contributed by atoms with Gasteiger partial charge in [0.05, 0.1) is 17.3 Å². The second kappa shape index (κ2) is 5.55. The molecule has 1 fully saturated rings. The van der Waals surface area contributed by atoms with Crippen LogP contribution in [0.1, 0.15) is 46.6 Å². The van der Waals surface area contributed by atoms with E-state index in [1.165, 1.54) is 0 Å². The van der Waals surface area contributed by atoms with Crippen LogP contribution in [0.3, 0.4) is 0 Å². The van der Waals surface area contributed by atoms with Crippen molar-refractivity contribution in [2.24, 2.45) is 7.05 Å². The van der Waals surface area contributed by atoms with E-state index in [4.69, 9.17) is 0 Å². The lowest BCUT2D eigenvalue weighted by Gasteiger charge is -2.33. The standard InChI is InChI=1S/C15H22N6O/c1-10-14(9-19(4)17-10)15(22)20-7-5-6-13(8-20)21-12(3)16-11(2)18-21/h9,13H,5-8H2,1-4H3. The van der Waals surface area contributed by atoms with Gasteiger partial charge in [0.15, 0.2) is 0 Å². The molecule has 0 saturated carbocycles. The molecule has 3 rings (SSSR count). The van der Waals surface area contributed by atoms with Gasteiger partial charge in [-0.25, -0.2) is 9.67 Å². The fraction of sp³-hybridized carbons (Fsp3) is 0.600. The average molecular weight is 302 g/mol. The van der Waals surface area contributed by atoms with Crippen LogP contribution < -0.4 is 0 Å². The van der Waals surface area contributed by atoms with E-state index in [0.29, 0.717) is 12.1 Å². The number of carbonyl (C=O) groups is 1. The van der Waals surface area contributed by atoms with Crippen molar-refractivity contribution in [2.75, 3.05) is 13.1 Å². The Hall–Kier alpha value is -2.18. The Kier molecular flexibility index (Phi) is 3.72. The van der Waals surface area contributed by atoms with Gasteiger partial charge in [-0.3, -0.25) is 9.48 Å². The summed E-state index contributed by atoms with van der Waals surface area (Å²) < 4.78 is 3.65. The van der Waals surface area contributed by atoms with Crippen molar-refractivity contribution in [1.29, 1.82) is 0 Å². The number of hydrogen-bond acceptors (Lipinski definition) is 4. The number of carbonyl (C=O) groups excluding carboxylic acids is 1. The Morgan fingerprint density at radius 2 is 2.05 bits per heavy atom. The lowest BCUT2D eigenvalue weighted by atomic mass is 10.0. The predicted octanol–water partition coefficient (Wildman–Crippen LogP) is 1.41. The minimum Gasteiger partial charge on any atom is -0.336 e. The van der Waals surface area contributed by atoms with Crippen molar-refractivity contribution in [1.82, 2.24) is 29.4 Å². The van der Waals surface area contributed by atoms with E-state index < -0.39 is 0 Å². The molecular formula is C15H22N6O. The highest BCUT2D eigenvalue weighted by atomic mass is 16.2. The fourth-order valence-electron chi connectivity index (χ4n) is 3.20. The second-order valence-corrected chi connectivity index (χ2v) is 6.00. The zero-order valence-corrected chi connectivity index (χ0v) is 13.6. The first-order valence-electron chi connectivity index (χ1n) is 7.65. The molecule has 3 heterocycles. The van der Waals surface area contributed by atoms with E-state index in [2.05, 4.69) is 15.2 Å². The minimum absolute atomic E-state index is 0.0600. The van der Waals surface area contributed by atoms with Crippen LogP contribution in [0.5, 0.6) is 0 Å². The van der Waals surface area contributed by atoms with Crippen LogP contribution >= 0.6 is 0 Å². The summed E-state index contributed by atoms with van der Waals surface area (Å²) >= 11 is 0. The number of amides is 1. The number of aromatic nitrogens is 5. The molecule has 0 bridgehead atoms. The Bertz CT molecular complexity index is 701. The number of likely N-dealkylation sites (tertiary alicyclic amines) is 1. The summed E-state index contributed by atoms with van der Waals surface area (Å²) in [5, 5.41) is 8.74. The number of piperidine rings is 1. The first-order chi connectivity index (χ1) is 10.5. The van der Waals surface area contributed by atoms with Crippen molar-refractivity contribution >= 4 is 5.91 Å². The number of nitrogens with zero attached hydrogens (tertiary/aromatic N) is 6. The highest BCUT2D eigenvalue weighted by molar-refractivity contribution is 5.95. The molecule has 1 atom stereocenters. The molecule has 0 radical (unpaired) electrons. The molecule has 1 aliphatic heterocycles. The largest absolute Gasteiger partial charge is 0.336 e. The van der Waals surface area contributed by atoms with Crippen LogP contribution in [-0.4, -0.2) is 48.4 Å². The third-order valence-corrected chi connectivity index (χ3v) is 4.18. The minimum atomic E-state index is 0.0600. The van der Waals surface area contributed by atoms with Gasteiger partial charge in [0.2, 0.25) is 0 Å². The SMILES string of the molecule is Cc1nc(C)n(C2CCCN(C(=O)c3cn(C)nc3C)C2)n1. The van der Waals surface area contributed by atoms with Crippen molar-refractivity contribution in [2.45, 2.75) is 39.7 Å². The molecule has 0 N–H and O–H groups in total. The van der Waals surface area contributed by atoms with Crippen molar-refractivity contribution < 1.29 is 4.79 Å². The second-order valence-electron chi connectivity index (χ2n) is 6.00. The first-order valence-corrected chi connectivity index (χ1v) is 7.65. The smallest absolute Gasteiger partial charge is 0.257 e. The van der Waals surface area contributed by atoms with E-state index in [0.717, 1.165) is 36.7 Å². The van der Waals surface area contributed by atoms with Crippen LogP contribution in [0.2, 0.25) is 0 Å². The van der Waals surface area contributed by atoms with E-state index in [-0.39, 0.29) is 11.9 Å². The maximum absolute atomic E-state index is 12.7. The number of hydrogen-bond donors (Lipinski definition) is 0. The van der Waals surface area contributed by atoms with Gasteiger partial charge < -0.3 is 4.90 Å². The number of aryl methyl sites for hydroxylation is 4. The monoisotopic (exact) mass is 302 g/mol. The molecule has 0 spiro atoms. The molecule has 0 aliphatic carbocycles. The van der Waals surface area contributed by atoms with Crippen LogP contribution in [-0.2, 0) is 7.05 Å². The van der Waals surface area contributed by atoms with E-state index in [1.54, 1.807) is 10.9 Å². The maximum atomic E-state index is 12.7. The van der Waals surface area contributed by atoms with Crippen LogP contribution in [0.15, 0.2) is 6.20 Å². The molecule has 1 aliphatic rings. The maximum Gasteiger partial charge on any atom is 0.257 e. The van der Waals surface area contributed by atoms with Gasteiger partial charge in [0.25, 0.3) is 5.91 Å². The average Bonchev–Trinajstić information content (AvgIpc) is 2.99. The van der Waals surface area contributed by atoms with Crippen LogP contribution in [0.4, 0.5) is 0 Å². The summed E-state index contributed by atoms with van der Waals surface area (Å²) in [6, 6.07) is 0.205. The quantitative estimate of drug-likeness (QED) is 0.841. The van der Waals surface area contributed by atoms with E-state index in [9.17, 15) is 4.79 Å². The van der Waals surface area contributed by atoms with Crippen LogP contribution in [0, 0.1) is 20.8 Å². The Balaban J connectivity index is 1.80. The summed E-state index contributed by atoms with van der Waals surface area (Å²) in [4.78, 5) is 19.0. The predicted molar refractivity (Wildman–Crippen MR) is 81.6 cm³/mol. The molecule has 118 valence electrons. The zero-order chi connectivity index (χ0) is 15.9. The Morgan fingerprint density at radius 3 is 2.64 bits per heavy atom. The van der Waals surface area contributed by atoms with Gasteiger partial charge in [-0.2, -0.15) is 10.2 Å². The highest BCUT2D eigenvalue weighted by Crippen LogP contribution is 2.23. The third kappa shape index (κ3) is 2.63. The molecule has 2 aromatic heterocycles. The zero-order valence-electron chi connectivity index (χ0n) is 13.6. The molecule has 1 amide bonds. The molecular weight excluding hydrogens is 280 g/mol.